The molecule has 0 rings (SSSR count). The fourth-order valence-corrected chi connectivity index (χ4v) is 11.7. The Hall–Kier alpha value is 1.36. The van der Waals surface area contributed by atoms with Crippen LogP contribution in [0.25, 0.3) is 0 Å². The van der Waals surface area contributed by atoms with Crippen LogP contribution in [-0.4, -0.2) is 38.8 Å². The van der Waals surface area contributed by atoms with Crippen LogP contribution in [0, 0.1) is 12.5 Å². The summed E-state index contributed by atoms with van der Waals surface area (Å²) in [5, 5.41) is 0. The molecule has 0 heterocycles. The quantitative estimate of drug-likeness (QED) is 0.382. The van der Waals surface area contributed by atoms with E-state index in [-0.39, 0.29) is 18.9 Å². The van der Waals surface area contributed by atoms with E-state index < -0.39 is 19.8 Å². The van der Waals surface area contributed by atoms with Gasteiger partial charge in [0.1, 0.15) is 0 Å². The van der Waals surface area contributed by atoms with Crippen LogP contribution in [0.5, 0.6) is 0 Å². The number of rotatable bonds is 11. The smallest absolute Gasteiger partial charge is 1.00 e. The number of nitrogens with zero attached hydrogens (tertiary/aromatic N) is 1. The SMILES string of the molecule is CC(C)[CH-]N(C)C.CCC[CH2][Sn]([CH2]CCC)[CH2]CCC.[Li+]. The summed E-state index contributed by atoms with van der Waals surface area (Å²) in [6.45, 7) is 13.5. The van der Waals surface area contributed by atoms with Crippen molar-refractivity contribution in [3.8, 4) is 0 Å². The van der Waals surface area contributed by atoms with Crippen LogP contribution >= 0.6 is 0 Å². The maximum absolute atomic E-state index is 2.33. The first kappa shape index (κ1) is 27.2. The first-order valence-electron chi connectivity index (χ1n) is 8.82. The fourth-order valence-electron chi connectivity index (χ4n) is 2.25. The predicted molar refractivity (Wildman–Crippen MR) is 97.7 cm³/mol. The van der Waals surface area contributed by atoms with Crippen LogP contribution in [0.15, 0.2) is 0 Å². The number of unbranched alkanes of at least 4 members (excludes halogenated alkanes) is 3. The molecule has 0 aliphatic heterocycles. The maximum Gasteiger partial charge on any atom is 1.00 e. The summed E-state index contributed by atoms with van der Waals surface area (Å²) < 4.78 is 5.04. The van der Waals surface area contributed by atoms with Gasteiger partial charge in [0.25, 0.3) is 0 Å². The Morgan fingerprint density at radius 2 is 1.14 bits per heavy atom. The van der Waals surface area contributed by atoms with Gasteiger partial charge < -0.3 is 4.90 Å². The van der Waals surface area contributed by atoms with Crippen molar-refractivity contribution in [3.05, 3.63) is 6.54 Å². The molecule has 0 saturated heterocycles. The number of hydrogen-bond acceptors (Lipinski definition) is 1. The summed E-state index contributed by atoms with van der Waals surface area (Å²) in [7, 11) is 4.08. The van der Waals surface area contributed by atoms with Gasteiger partial charge in [0.2, 0.25) is 0 Å². The molecule has 3 heteroatoms. The molecule has 0 aromatic rings. The third-order valence-corrected chi connectivity index (χ3v) is 12.3. The summed E-state index contributed by atoms with van der Waals surface area (Å²) >= 11 is -0.839. The van der Waals surface area contributed by atoms with Crippen molar-refractivity contribution in [1.29, 1.82) is 0 Å². The van der Waals surface area contributed by atoms with E-state index in [0.29, 0.717) is 5.92 Å². The zero-order valence-corrected chi connectivity index (χ0v) is 19.3. The molecule has 0 atom stereocenters. The van der Waals surface area contributed by atoms with Gasteiger partial charge in [0, 0.05) is 0 Å². The standard InChI is InChI=1S/C6H14N.3C4H9.Li.Sn/c1-6(2)5-7(3)4;3*1-3-4-2;;/h5-6H,1-4H3;3*1,3-4H2,2H3;;/q-1;;;;+1;. The van der Waals surface area contributed by atoms with E-state index >= 15 is 0 Å². The first-order valence-corrected chi connectivity index (χ1v) is 14.9. The number of hydrogen-bond donors (Lipinski definition) is 0. The maximum atomic E-state index is 2.33. The Morgan fingerprint density at radius 1 is 0.810 bits per heavy atom. The van der Waals surface area contributed by atoms with E-state index in [0.717, 1.165) is 0 Å². The summed E-state index contributed by atoms with van der Waals surface area (Å²) in [4.78, 5) is 2.07. The Kier molecular flexibility index (Phi) is 27.7. The molecule has 0 amide bonds. The van der Waals surface area contributed by atoms with Crippen LogP contribution in [0.2, 0.25) is 13.3 Å². The van der Waals surface area contributed by atoms with Crippen LogP contribution in [0.3, 0.4) is 0 Å². The minimum Gasteiger partial charge on any atom is 1.00 e. The molecule has 1 radical (unpaired) electrons. The minimum absolute atomic E-state index is 0. The van der Waals surface area contributed by atoms with Gasteiger partial charge in [-0.2, -0.15) is 5.92 Å². The van der Waals surface area contributed by atoms with Crippen molar-refractivity contribution in [2.75, 3.05) is 14.1 Å². The molecule has 0 aromatic heterocycles. The van der Waals surface area contributed by atoms with Gasteiger partial charge in [0.15, 0.2) is 0 Å². The third kappa shape index (κ3) is 26.6. The molecule has 1 nitrogen and oxygen atoms in total. The van der Waals surface area contributed by atoms with Gasteiger partial charge in [-0.25, -0.2) is 0 Å². The molecule has 0 unspecified atom stereocenters. The van der Waals surface area contributed by atoms with E-state index in [1.165, 1.54) is 38.5 Å². The van der Waals surface area contributed by atoms with Gasteiger partial charge in [-0.05, 0) is 14.1 Å². The Bertz CT molecular complexity index is 150. The van der Waals surface area contributed by atoms with Crippen molar-refractivity contribution >= 4 is 19.8 Å². The van der Waals surface area contributed by atoms with E-state index in [9.17, 15) is 0 Å². The van der Waals surface area contributed by atoms with Gasteiger partial charge >= 0.3 is 111 Å². The molecule has 0 spiro atoms. The average molecular weight is 397 g/mol. The van der Waals surface area contributed by atoms with Crippen molar-refractivity contribution in [3.63, 3.8) is 0 Å². The molecular formula is C18H41LiNSn. The van der Waals surface area contributed by atoms with Gasteiger partial charge in [-0.1, -0.05) is 13.8 Å². The largest absolute Gasteiger partial charge is 1.00 e. The summed E-state index contributed by atoms with van der Waals surface area (Å²) in [6.07, 6.45) is 8.85. The zero-order chi connectivity index (χ0) is 15.8. The minimum atomic E-state index is -0.839. The average Bonchev–Trinajstić information content (AvgIpc) is 2.37. The van der Waals surface area contributed by atoms with E-state index in [1.807, 2.05) is 14.1 Å². The van der Waals surface area contributed by atoms with Crippen molar-refractivity contribution in [1.82, 2.24) is 4.90 Å². The van der Waals surface area contributed by atoms with Crippen molar-refractivity contribution in [2.24, 2.45) is 5.92 Å². The normalized spacial score (nSPS) is 10.6. The second kappa shape index (κ2) is 21.4. The molecule has 0 saturated carbocycles. The van der Waals surface area contributed by atoms with Crippen molar-refractivity contribution in [2.45, 2.75) is 86.5 Å². The van der Waals surface area contributed by atoms with Gasteiger partial charge in [-0.15, -0.1) is 0 Å². The second-order valence-electron chi connectivity index (χ2n) is 6.42. The fraction of sp³-hybridized carbons (Fsp3) is 0.944. The Balaban J connectivity index is -0.000000347. The van der Waals surface area contributed by atoms with E-state index in [4.69, 9.17) is 0 Å². The zero-order valence-electron chi connectivity index (χ0n) is 16.5. The summed E-state index contributed by atoms with van der Waals surface area (Å²) in [6, 6.07) is 0. The predicted octanol–water partition coefficient (Wildman–Crippen LogP) is 3.25. The van der Waals surface area contributed by atoms with Crippen LogP contribution in [0.4, 0.5) is 0 Å². The van der Waals surface area contributed by atoms with Crippen LogP contribution < -0.4 is 18.9 Å². The van der Waals surface area contributed by atoms with E-state index in [1.54, 1.807) is 13.3 Å². The molecule has 0 fully saturated rings. The Morgan fingerprint density at radius 3 is 1.29 bits per heavy atom. The van der Waals surface area contributed by atoms with Crippen LogP contribution in [-0.2, 0) is 0 Å². The topological polar surface area (TPSA) is 3.24 Å². The van der Waals surface area contributed by atoms with Gasteiger partial charge in [-0.3, -0.25) is 6.54 Å². The van der Waals surface area contributed by atoms with Crippen LogP contribution in [0.1, 0.15) is 73.1 Å². The molecule has 0 aliphatic rings. The molecule has 21 heavy (non-hydrogen) atoms. The Labute approximate surface area is 155 Å². The first-order chi connectivity index (χ1) is 9.47. The van der Waals surface area contributed by atoms with Gasteiger partial charge in [0.05, 0.1) is 0 Å². The summed E-state index contributed by atoms with van der Waals surface area (Å²) in [5.41, 5.74) is 0. The second-order valence-corrected chi connectivity index (χ2v) is 15.0. The molecule has 0 aliphatic carbocycles. The molecule has 0 N–H and O–H groups in total. The summed E-state index contributed by atoms with van der Waals surface area (Å²) in [5.74, 6) is 0.676. The molecule has 0 bridgehead atoms. The van der Waals surface area contributed by atoms with E-state index in [2.05, 4.69) is 46.1 Å². The monoisotopic (exact) mass is 398 g/mol. The molecular weight excluding hydrogens is 356 g/mol. The molecule has 0 aromatic carbocycles. The third-order valence-electron chi connectivity index (χ3n) is 3.25. The van der Waals surface area contributed by atoms with Crippen molar-refractivity contribution < 1.29 is 18.9 Å². The molecule has 123 valence electrons.